The lowest BCUT2D eigenvalue weighted by Crippen LogP contribution is -2.05. The number of benzene rings is 2. The molecule has 0 amide bonds. The van der Waals surface area contributed by atoms with E-state index in [1.54, 1.807) is 18.2 Å². The summed E-state index contributed by atoms with van der Waals surface area (Å²) < 4.78 is 20.3. The molecule has 2 nitrogen and oxygen atoms in total. The van der Waals surface area contributed by atoms with Crippen molar-refractivity contribution >= 4 is 15.9 Å². The molecule has 0 aliphatic carbocycles. The molecule has 0 heterocycles. The second-order valence-electron chi connectivity index (χ2n) is 3.82. The summed E-state index contributed by atoms with van der Waals surface area (Å²) in [4.78, 5) is 0. The molecular formula is C14H13BrFNO. The van der Waals surface area contributed by atoms with Gasteiger partial charge in [0.15, 0.2) is 11.6 Å². The Morgan fingerprint density at radius 1 is 1.11 bits per heavy atom. The first-order chi connectivity index (χ1) is 8.70. The number of ether oxygens (including phenoxy) is 1. The maximum Gasteiger partial charge on any atom is 0.166 e. The highest BCUT2D eigenvalue weighted by atomic mass is 79.9. The van der Waals surface area contributed by atoms with E-state index in [-0.39, 0.29) is 11.6 Å². The van der Waals surface area contributed by atoms with Gasteiger partial charge >= 0.3 is 0 Å². The van der Waals surface area contributed by atoms with Crippen LogP contribution in [0.25, 0.3) is 0 Å². The van der Waals surface area contributed by atoms with E-state index < -0.39 is 0 Å². The molecule has 0 spiro atoms. The molecule has 94 valence electrons. The molecule has 0 unspecified atom stereocenters. The van der Waals surface area contributed by atoms with E-state index in [9.17, 15) is 4.39 Å². The summed E-state index contributed by atoms with van der Waals surface area (Å²) in [6.45, 7) is 0.458. The number of nitrogens with two attached hydrogens (primary N) is 1. The Hall–Kier alpha value is -1.39. The normalized spacial score (nSPS) is 10.4. The van der Waals surface area contributed by atoms with Gasteiger partial charge in [0.1, 0.15) is 5.75 Å². The largest absolute Gasteiger partial charge is 0.454 e. The van der Waals surface area contributed by atoms with Gasteiger partial charge < -0.3 is 10.5 Å². The van der Waals surface area contributed by atoms with Gasteiger partial charge in [0.25, 0.3) is 0 Å². The maximum atomic E-state index is 13.8. The fourth-order valence-corrected chi connectivity index (χ4v) is 1.90. The van der Waals surface area contributed by atoms with Crippen molar-refractivity contribution in [1.29, 1.82) is 0 Å². The standard InChI is InChI=1S/C14H13BrFNO/c15-11-4-6-12(7-5-11)18-14-10(8-9-17)2-1-3-13(14)16/h1-7H,8-9,17H2. The number of rotatable bonds is 4. The van der Waals surface area contributed by atoms with Crippen molar-refractivity contribution in [2.24, 2.45) is 5.73 Å². The minimum atomic E-state index is -0.371. The molecule has 2 aromatic carbocycles. The smallest absolute Gasteiger partial charge is 0.166 e. The van der Waals surface area contributed by atoms with Crippen molar-refractivity contribution in [3.63, 3.8) is 0 Å². The minimum absolute atomic E-state index is 0.255. The molecule has 0 radical (unpaired) electrons. The molecule has 0 aliphatic rings. The second kappa shape index (κ2) is 5.98. The van der Waals surface area contributed by atoms with Crippen LogP contribution in [0, 0.1) is 5.82 Å². The summed E-state index contributed by atoms with van der Waals surface area (Å²) in [5, 5.41) is 0. The second-order valence-corrected chi connectivity index (χ2v) is 4.74. The average Bonchev–Trinajstić information content (AvgIpc) is 2.36. The molecule has 2 N–H and O–H groups in total. The van der Waals surface area contributed by atoms with E-state index in [4.69, 9.17) is 10.5 Å². The molecule has 2 aromatic rings. The van der Waals surface area contributed by atoms with Crippen LogP contribution in [0.3, 0.4) is 0 Å². The molecule has 0 aromatic heterocycles. The summed E-state index contributed by atoms with van der Waals surface area (Å²) in [5.74, 6) is 0.482. The summed E-state index contributed by atoms with van der Waals surface area (Å²) in [5.41, 5.74) is 6.29. The Kier molecular flexibility index (Phi) is 4.33. The highest BCUT2D eigenvalue weighted by molar-refractivity contribution is 9.10. The van der Waals surface area contributed by atoms with E-state index >= 15 is 0 Å². The lowest BCUT2D eigenvalue weighted by Gasteiger charge is -2.11. The van der Waals surface area contributed by atoms with Crippen LogP contribution in [-0.4, -0.2) is 6.54 Å². The van der Waals surface area contributed by atoms with Crippen LogP contribution in [0.4, 0.5) is 4.39 Å². The van der Waals surface area contributed by atoms with Crippen molar-refractivity contribution in [3.8, 4) is 11.5 Å². The fraction of sp³-hybridized carbons (Fsp3) is 0.143. The zero-order chi connectivity index (χ0) is 13.0. The minimum Gasteiger partial charge on any atom is -0.454 e. The average molecular weight is 310 g/mol. The van der Waals surface area contributed by atoms with E-state index in [0.29, 0.717) is 18.7 Å². The first kappa shape index (κ1) is 13.1. The van der Waals surface area contributed by atoms with E-state index in [1.165, 1.54) is 6.07 Å². The fourth-order valence-electron chi connectivity index (χ4n) is 1.64. The summed E-state index contributed by atoms with van der Waals surface area (Å²) in [6.07, 6.45) is 0.587. The molecule has 0 aliphatic heterocycles. The Morgan fingerprint density at radius 3 is 2.50 bits per heavy atom. The van der Waals surface area contributed by atoms with Crippen LogP contribution in [0.15, 0.2) is 46.9 Å². The Bertz CT molecular complexity index is 528. The van der Waals surface area contributed by atoms with Gasteiger partial charge in [-0.2, -0.15) is 0 Å². The quantitative estimate of drug-likeness (QED) is 0.930. The first-order valence-electron chi connectivity index (χ1n) is 5.61. The monoisotopic (exact) mass is 309 g/mol. The lowest BCUT2D eigenvalue weighted by molar-refractivity contribution is 0.436. The van der Waals surface area contributed by atoms with Gasteiger partial charge in [-0.1, -0.05) is 28.1 Å². The topological polar surface area (TPSA) is 35.2 Å². The van der Waals surface area contributed by atoms with Crippen LogP contribution in [0.1, 0.15) is 5.56 Å². The third kappa shape index (κ3) is 3.09. The SMILES string of the molecule is NCCc1cccc(F)c1Oc1ccc(Br)cc1. The van der Waals surface area contributed by atoms with Crippen LogP contribution in [-0.2, 0) is 6.42 Å². The predicted octanol–water partition coefficient (Wildman–Crippen LogP) is 3.88. The summed E-state index contributed by atoms with van der Waals surface area (Å²) in [7, 11) is 0. The maximum absolute atomic E-state index is 13.8. The molecule has 18 heavy (non-hydrogen) atoms. The Balaban J connectivity index is 2.30. The lowest BCUT2D eigenvalue weighted by atomic mass is 10.1. The zero-order valence-electron chi connectivity index (χ0n) is 9.70. The number of para-hydroxylation sites is 1. The van der Waals surface area contributed by atoms with E-state index in [0.717, 1.165) is 10.0 Å². The molecule has 0 atom stereocenters. The van der Waals surface area contributed by atoms with E-state index in [1.807, 2.05) is 18.2 Å². The van der Waals surface area contributed by atoms with Gasteiger partial charge in [0.05, 0.1) is 0 Å². The van der Waals surface area contributed by atoms with Gasteiger partial charge in [-0.15, -0.1) is 0 Å². The van der Waals surface area contributed by atoms with Gasteiger partial charge in [-0.25, -0.2) is 4.39 Å². The third-order valence-corrected chi connectivity index (χ3v) is 3.02. The van der Waals surface area contributed by atoms with Crippen molar-refractivity contribution in [3.05, 3.63) is 58.3 Å². The van der Waals surface area contributed by atoms with Gasteiger partial charge in [-0.3, -0.25) is 0 Å². The molecule has 0 bridgehead atoms. The molecule has 2 rings (SSSR count). The third-order valence-electron chi connectivity index (χ3n) is 2.50. The van der Waals surface area contributed by atoms with E-state index in [2.05, 4.69) is 15.9 Å². The van der Waals surface area contributed by atoms with Crippen LogP contribution < -0.4 is 10.5 Å². The van der Waals surface area contributed by atoms with Gasteiger partial charge in [-0.05, 0) is 48.9 Å². The van der Waals surface area contributed by atoms with Crippen molar-refractivity contribution in [1.82, 2.24) is 0 Å². The van der Waals surface area contributed by atoms with Crippen molar-refractivity contribution in [2.75, 3.05) is 6.54 Å². The number of halogens is 2. The summed E-state index contributed by atoms with van der Waals surface area (Å²) in [6, 6.07) is 12.1. The van der Waals surface area contributed by atoms with Crippen molar-refractivity contribution in [2.45, 2.75) is 6.42 Å². The van der Waals surface area contributed by atoms with Crippen LogP contribution >= 0.6 is 15.9 Å². The molecule has 4 heteroatoms. The first-order valence-corrected chi connectivity index (χ1v) is 6.41. The van der Waals surface area contributed by atoms with Crippen LogP contribution in [0.5, 0.6) is 11.5 Å². The Morgan fingerprint density at radius 2 is 1.83 bits per heavy atom. The highest BCUT2D eigenvalue weighted by Crippen LogP contribution is 2.29. The predicted molar refractivity (Wildman–Crippen MR) is 73.4 cm³/mol. The molecular weight excluding hydrogens is 297 g/mol. The molecule has 0 saturated carbocycles. The van der Waals surface area contributed by atoms with Gasteiger partial charge in [0, 0.05) is 4.47 Å². The number of hydrogen-bond acceptors (Lipinski definition) is 2. The van der Waals surface area contributed by atoms with Crippen LogP contribution in [0.2, 0.25) is 0 Å². The number of hydrogen-bond donors (Lipinski definition) is 1. The summed E-state index contributed by atoms with van der Waals surface area (Å²) >= 11 is 3.34. The molecule has 0 fully saturated rings. The molecule has 0 saturated heterocycles. The van der Waals surface area contributed by atoms with Crippen molar-refractivity contribution < 1.29 is 9.13 Å². The highest BCUT2D eigenvalue weighted by Gasteiger charge is 2.10. The Labute approximate surface area is 114 Å². The van der Waals surface area contributed by atoms with Gasteiger partial charge in [0.2, 0.25) is 0 Å². The zero-order valence-corrected chi connectivity index (χ0v) is 11.3.